The molecule has 0 aromatic heterocycles. The van der Waals surface area contributed by atoms with Crippen molar-refractivity contribution < 1.29 is 42.2 Å². The zero-order chi connectivity index (χ0) is 27.9. The van der Waals surface area contributed by atoms with Crippen LogP contribution in [-0.4, -0.2) is 92.9 Å². The van der Waals surface area contributed by atoms with Crippen LogP contribution in [0.25, 0.3) is 0 Å². The first-order valence-electron chi connectivity index (χ1n) is 12.2. The molecule has 1 aromatic rings. The molecule has 0 saturated carbocycles. The summed E-state index contributed by atoms with van der Waals surface area (Å²) in [7, 11) is 1.51. The Bertz CT molecular complexity index is 1030. The predicted octanol–water partition coefficient (Wildman–Crippen LogP) is 1.58. The Hall–Kier alpha value is -3.39. The standard InChI is InChI=1S/C22H31N5O4.C2HF3O2/c1-31-18-3-2-16(14-17(18)27-10-4-19(28)25-21(27)30)20(29)24-9-13-26-11-6-22(7-12-26)5-8-23-15-22;3-2(4,5)1(6)7/h2-3,14,23H,4-13,15H2,1H3,(H,24,29)(H,25,28,30);(H,6,7). The number of anilines is 1. The number of carbonyl (C=O) groups excluding carboxylic acids is 3. The predicted molar refractivity (Wildman–Crippen MR) is 130 cm³/mol. The Kier molecular flexibility index (Phi) is 9.55. The summed E-state index contributed by atoms with van der Waals surface area (Å²) in [6.07, 6.45) is -1.16. The number of methoxy groups -OCH3 is 1. The quantitative estimate of drug-likeness (QED) is 0.424. The van der Waals surface area contributed by atoms with Gasteiger partial charge in [0.15, 0.2) is 0 Å². The van der Waals surface area contributed by atoms with E-state index in [4.69, 9.17) is 14.6 Å². The average Bonchev–Trinajstić information content (AvgIpc) is 3.32. The molecular weight excluding hydrogens is 511 g/mol. The second-order valence-electron chi connectivity index (χ2n) is 9.47. The van der Waals surface area contributed by atoms with Crippen LogP contribution < -0.4 is 25.6 Å². The number of likely N-dealkylation sites (tertiary alicyclic amines) is 1. The number of carbonyl (C=O) groups is 4. The summed E-state index contributed by atoms with van der Waals surface area (Å²) in [5.41, 5.74) is 1.42. The number of nitrogens with zero attached hydrogens (tertiary/aromatic N) is 2. The number of imide groups is 1. The average molecular weight is 544 g/mol. The van der Waals surface area contributed by atoms with Crippen LogP contribution in [0.4, 0.5) is 23.7 Å². The van der Waals surface area contributed by atoms with E-state index in [1.54, 1.807) is 18.2 Å². The first kappa shape index (κ1) is 29.2. The number of alkyl halides is 3. The van der Waals surface area contributed by atoms with Crippen molar-refractivity contribution in [3.8, 4) is 5.75 Å². The van der Waals surface area contributed by atoms with Crippen LogP contribution in [0.5, 0.6) is 5.75 Å². The third-order valence-electron chi connectivity index (χ3n) is 6.99. The van der Waals surface area contributed by atoms with Gasteiger partial charge < -0.3 is 25.4 Å². The van der Waals surface area contributed by atoms with E-state index in [1.165, 1.54) is 31.3 Å². The molecule has 0 radical (unpaired) electrons. The molecule has 3 fully saturated rings. The monoisotopic (exact) mass is 543 g/mol. The number of hydrogen-bond donors (Lipinski definition) is 4. The van der Waals surface area contributed by atoms with Crippen LogP contribution in [0.3, 0.4) is 0 Å². The van der Waals surface area contributed by atoms with Gasteiger partial charge in [0, 0.05) is 38.2 Å². The van der Waals surface area contributed by atoms with Gasteiger partial charge in [-0.15, -0.1) is 0 Å². The van der Waals surface area contributed by atoms with Crippen LogP contribution in [0.1, 0.15) is 36.0 Å². The second kappa shape index (κ2) is 12.4. The van der Waals surface area contributed by atoms with E-state index >= 15 is 0 Å². The SMILES string of the molecule is COc1ccc(C(=O)NCCN2CCC3(CCNC3)CC2)cc1N1CCC(=O)NC1=O.O=C(O)C(F)(F)F. The summed E-state index contributed by atoms with van der Waals surface area (Å²) in [6.45, 7) is 6.08. The number of amides is 4. The van der Waals surface area contributed by atoms with Crippen molar-refractivity contribution in [1.82, 2.24) is 20.9 Å². The van der Waals surface area contributed by atoms with E-state index in [-0.39, 0.29) is 24.8 Å². The second-order valence-corrected chi connectivity index (χ2v) is 9.47. The summed E-state index contributed by atoms with van der Waals surface area (Å²) in [5, 5.41) is 15.9. The van der Waals surface area contributed by atoms with Gasteiger partial charge in [-0.05, 0) is 62.5 Å². The number of nitrogens with one attached hydrogen (secondary N) is 3. The van der Waals surface area contributed by atoms with Crippen LogP contribution in [0, 0.1) is 5.41 Å². The summed E-state index contributed by atoms with van der Waals surface area (Å²) >= 11 is 0. The van der Waals surface area contributed by atoms with E-state index in [0.717, 1.165) is 32.7 Å². The number of rotatable bonds is 6. The van der Waals surface area contributed by atoms with Crippen LogP contribution in [0.15, 0.2) is 18.2 Å². The molecule has 3 aliphatic heterocycles. The van der Waals surface area contributed by atoms with Crippen molar-refractivity contribution in [2.75, 3.05) is 57.8 Å². The van der Waals surface area contributed by atoms with Crippen molar-refractivity contribution in [2.45, 2.75) is 31.9 Å². The Morgan fingerprint density at radius 3 is 2.39 bits per heavy atom. The number of piperidine rings is 1. The third-order valence-corrected chi connectivity index (χ3v) is 6.99. The lowest BCUT2D eigenvalue weighted by atomic mass is 9.78. The molecule has 0 unspecified atom stereocenters. The van der Waals surface area contributed by atoms with Gasteiger partial charge in [-0.1, -0.05) is 0 Å². The minimum atomic E-state index is -5.08. The highest BCUT2D eigenvalue weighted by Gasteiger charge is 2.38. The van der Waals surface area contributed by atoms with Crippen LogP contribution in [-0.2, 0) is 9.59 Å². The van der Waals surface area contributed by atoms with Gasteiger partial charge >= 0.3 is 18.2 Å². The fourth-order valence-electron chi connectivity index (χ4n) is 4.74. The molecule has 1 spiro atoms. The zero-order valence-electron chi connectivity index (χ0n) is 21.0. The Balaban J connectivity index is 0.000000505. The normalized spacial score (nSPS) is 19.4. The molecule has 3 saturated heterocycles. The van der Waals surface area contributed by atoms with Gasteiger partial charge in [0.2, 0.25) is 5.91 Å². The van der Waals surface area contributed by atoms with Gasteiger partial charge in [-0.3, -0.25) is 19.8 Å². The fraction of sp³-hybridized carbons (Fsp3) is 0.583. The number of urea groups is 1. The van der Waals surface area contributed by atoms with E-state index in [0.29, 0.717) is 29.0 Å². The summed E-state index contributed by atoms with van der Waals surface area (Å²) in [4.78, 5) is 49.1. The minimum Gasteiger partial charge on any atom is -0.495 e. The van der Waals surface area contributed by atoms with E-state index < -0.39 is 18.2 Å². The largest absolute Gasteiger partial charge is 0.495 e. The summed E-state index contributed by atoms with van der Waals surface area (Å²) in [6, 6.07) is 4.49. The van der Waals surface area contributed by atoms with Gasteiger partial charge in [-0.25, -0.2) is 9.59 Å². The molecule has 11 nitrogen and oxygen atoms in total. The van der Waals surface area contributed by atoms with Gasteiger partial charge in [0.25, 0.3) is 5.91 Å². The number of ether oxygens (including phenoxy) is 1. The van der Waals surface area contributed by atoms with E-state index in [9.17, 15) is 27.6 Å². The summed E-state index contributed by atoms with van der Waals surface area (Å²) in [5.74, 6) is -2.77. The summed E-state index contributed by atoms with van der Waals surface area (Å²) < 4.78 is 37.1. The van der Waals surface area contributed by atoms with E-state index in [1.807, 2.05) is 0 Å². The topological polar surface area (TPSA) is 140 Å². The van der Waals surface area contributed by atoms with Crippen molar-refractivity contribution in [3.05, 3.63) is 23.8 Å². The van der Waals surface area contributed by atoms with Crippen LogP contribution >= 0.6 is 0 Å². The maximum atomic E-state index is 12.7. The number of aliphatic carboxylic acids is 1. The number of benzene rings is 1. The number of hydrogen-bond acceptors (Lipinski definition) is 7. The molecule has 3 heterocycles. The van der Waals surface area contributed by atoms with Crippen LogP contribution in [0.2, 0.25) is 0 Å². The zero-order valence-corrected chi connectivity index (χ0v) is 21.0. The third kappa shape index (κ3) is 7.57. The molecule has 4 rings (SSSR count). The smallest absolute Gasteiger partial charge is 0.490 e. The molecule has 0 atom stereocenters. The molecule has 38 heavy (non-hydrogen) atoms. The fourth-order valence-corrected chi connectivity index (χ4v) is 4.74. The molecule has 3 aliphatic rings. The first-order chi connectivity index (χ1) is 17.9. The highest BCUT2D eigenvalue weighted by Crippen LogP contribution is 2.36. The lowest BCUT2D eigenvalue weighted by Crippen LogP contribution is -2.49. The molecule has 4 amide bonds. The molecule has 4 N–H and O–H groups in total. The highest BCUT2D eigenvalue weighted by atomic mass is 19.4. The number of carboxylic acid groups (broad SMARTS) is 1. The number of halogens is 3. The lowest BCUT2D eigenvalue weighted by Gasteiger charge is -2.38. The first-order valence-corrected chi connectivity index (χ1v) is 12.2. The highest BCUT2D eigenvalue weighted by molar-refractivity contribution is 6.07. The van der Waals surface area contributed by atoms with Gasteiger partial charge in [-0.2, -0.15) is 13.2 Å². The Morgan fingerprint density at radius 1 is 1.16 bits per heavy atom. The molecule has 14 heteroatoms. The maximum absolute atomic E-state index is 12.7. The maximum Gasteiger partial charge on any atom is 0.490 e. The minimum absolute atomic E-state index is 0.189. The molecular formula is C24H32F3N5O6. The van der Waals surface area contributed by atoms with Crippen molar-refractivity contribution in [2.24, 2.45) is 5.41 Å². The van der Waals surface area contributed by atoms with Crippen molar-refractivity contribution in [3.63, 3.8) is 0 Å². The molecule has 210 valence electrons. The molecule has 0 aliphatic carbocycles. The van der Waals surface area contributed by atoms with Crippen molar-refractivity contribution in [1.29, 1.82) is 0 Å². The Labute approximate surface area is 217 Å². The van der Waals surface area contributed by atoms with Crippen molar-refractivity contribution >= 4 is 29.5 Å². The lowest BCUT2D eigenvalue weighted by molar-refractivity contribution is -0.192. The van der Waals surface area contributed by atoms with Gasteiger partial charge in [0.05, 0.1) is 12.8 Å². The molecule has 1 aromatic carbocycles. The Morgan fingerprint density at radius 2 is 1.84 bits per heavy atom. The van der Waals surface area contributed by atoms with Gasteiger partial charge in [0.1, 0.15) is 5.75 Å². The molecule has 0 bridgehead atoms. The number of carboxylic acids is 1. The van der Waals surface area contributed by atoms with E-state index in [2.05, 4.69) is 20.9 Å².